The summed E-state index contributed by atoms with van der Waals surface area (Å²) in [5, 5.41) is 9.49. The molecule has 2 N–H and O–H groups in total. The van der Waals surface area contributed by atoms with E-state index >= 15 is 0 Å². The Labute approximate surface area is 239 Å². The summed E-state index contributed by atoms with van der Waals surface area (Å²) in [5.74, 6) is -3.96. The number of imidazole rings is 1. The number of hydrogen-bond donors (Lipinski definition) is 2. The van der Waals surface area contributed by atoms with Gasteiger partial charge in [0.1, 0.15) is 17.2 Å². The molecule has 5 rings (SSSR count). The van der Waals surface area contributed by atoms with E-state index in [1.165, 1.54) is 24.4 Å². The average molecular weight is 576 g/mol. The van der Waals surface area contributed by atoms with Crippen molar-refractivity contribution in [2.45, 2.75) is 19.5 Å². The predicted octanol–water partition coefficient (Wildman–Crippen LogP) is 4.75. The molecule has 3 aromatic heterocycles. The van der Waals surface area contributed by atoms with Crippen LogP contribution in [0.25, 0.3) is 16.8 Å². The van der Waals surface area contributed by atoms with Crippen LogP contribution in [-0.2, 0) is 13.1 Å². The molecule has 0 aliphatic carbocycles. The van der Waals surface area contributed by atoms with E-state index in [1.54, 1.807) is 16.8 Å². The van der Waals surface area contributed by atoms with E-state index in [4.69, 9.17) is 0 Å². The van der Waals surface area contributed by atoms with Gasteiger partial charge in [-0.1, -0.05) is 6.07 Å². The minimum Gasteiger partial charge on any atom is -0.348 e. The second kappa shape index (κ2) is 12.3. The fourth-order valence-electron chi connectivity index (χ4n) is 4.39. The van der Waals surface area contributed by atoms with Crippen LogP contribution in [0.1, 0.15) is 32.8 Å². The molecule has 0 spiro atoms. The van der Waals surface area contributed by atoms with E-state index in [0.717, 1.165) is 48.8 Å². The van der Waals surface area contributed by atoms with Gasteiger partial charge >= 0.3 is 0 Å². The van der Waals surface area contributed by atoms with Gasteiger partial charge in [0, 0.05) is 36.6 Å². The lowest BCUT2D eigenvalue weighted by Crippen LogP contribution is -2.23. The van der Waals surface area contributed by atoms with E-state index in [2.05, 4.69) is 25.6 Å². The SMILES string of the molecule is CN(C)CCCn1cc(-c2ccn3c(C(=O)Nc4cc(C(=O)NCc5ccc(F)c(F)c5)ccc4F)cnc3c2)cn1. The van der Waals surface area contributed by atoms with E-state index in [0.29, 0.717) is 11.2 Å². The van der Waals surface area contributed by atoms with Gasteiger partial charge < -0.3 is 15.5 Å². The van der Waals surface area contributed by atoms with Gasteiger partial charge in [0.15, 0.2) is 11.6 Å². The molecule has 12 heteroatoms. The third kappa shape index (κ3) is 6.50. The van der Waals surface area contributed by atoms with Crippen molar-refractivity contribution >= 4 is 23.1 Å². The van der Waals surface area contributed by atoms with Gasteiger partial charge in [0.05, 0.1) is 18.1 Å². The number of carbonyl (C=O) groups excluding carboxylic acids is 2. The Kier molecular flexibility index (Phi) is 8.34. The molecule has 0 atom stereocenters. The summed E-state index contributed by atoms with van der Waals surface area (Å²) in [5.41, 5.74) is 2.70. The number of benzene rings is 2. The number of fused-ring (bicyclic) bond motifs is 1. The number of aromatic nitrogens is 4. The molecule has 9 nitrogen and oxygen atoms in total. The molecule has 0 fully saturated rings. The summed E-state index contributed by atoms with van der Waals surface area (Å²) >= 11 is 0. The Morgan fingerprint density at radius 1 is 0.905 bits per heavy atom. The highest BCUT2D eigenvalue weighted by atomic mass is 19.2. The summed E-state index contributed by atoms with van der Waals surface area (Å²) in [7, 11) is 4.05. The second-order valence-corrected chi connectivity index (χ2v) is 10.0. The van der Waals surface area contributed by atoms with Crippen molar-refractivity contribution in [1.29, 1.82) is 0 Å². The Hall–Kier alpha value is -4.97. The third-order valence-electron chi connectivity index (χ3n) is 6.62. The van der Waals surface area contributed by atoms with Gasteiger partial charge in [-0.15, -0.1) is 0 Å². The van der Waals surface area contributed by atoms with E-state index in [1.807, 2.05) is 37.1 Å². The molecule has 3 heterocycles. The smallest absolute Gasteiger partial charge is 0.274 e. The fourth-order valence-corrected chi connectivity index (χ4v) is 4.39. The zero-order valence-corrected chi connectivity index (χ0v) is 22.9. The van der Waals surface area contributed by atoms with Crippen LogP contribution in [0.3, 0.4) is 0 Å². The number of halogens is 3. The standard InChI is InChI=1S/C30H28F3N7O2/c1-38(2)9-3-10-39-18-22(16-36-39)20-8-11-40-27(17-34-28(40)14-20)30(42)37-26-13-21(5-7-24(26)32)29(41)35-15-19-4-6-23(31)25(33)12-19/h4-8,11-14,16-18H,3,9-10,15H2,1-2H3,(H,35,41)(H,37,42). The largest absolute Gasteiger partial charge is 0.348 e. The Morgan fingerprint density at radius 3 is 2.50 bits per heavy atom. The number of pyridine rings is 1. The zero-order valence-electron chi connectivity index (χ0n) is 22.9. The van der Waals surface area contributed by atoms with Crippen LogP contribution in [0.15, 0.2) is 73.3 Å². The first kappa shape index (κ1) is 28.6. The number of nitrogens with one attached hydrogen (secondary N) is 2. The number of carbonyl (C=O) groups is 2. The number of nitrogens with zero attached hydrogens (tertiary/aromatic N) is 5. The van der Waals surface area contributed by atoms with Crippen LogP contribution in [-0.4, -0.2) is 56.5 Å². The van der Waals surface area contributed by atoms with Crippen molar-refractivity contribution < 1.29 is 22.8 Å². The summed E-state index contributed by atoms with van der Waals surface area (Å²) in [6.45, 7) is 1.68. The van der Waals surface area contributed by atoms with Crippen LogP contribution in [0.5, 0.6) is 0 Å². The van der Waals surface area contributed by atoms with Crippen molar-refractivity contribution in [3.05, 3.63) is 108 Å². The average Bonchev–Trinajstić information content (AvgIpc) is 3.61. The lowest BCUT2D eigenvalue weighted by molar-refractivity contribution is 0.0949. The summed E-state index contributed by atoms with van der Waals surface area (Å²) in [4.78, 5) is 32.1. The maximum Gasteiger partial charge on any atom is 0.274 e. The molecule has 0 radical (unpaired) electrons. The Bertz CT molecular complexity index is 1760. The molecule has 2 amide bonds. The number of rotatable bonds is 10. The van der Waals surface area contributed by atoms with Gasteiger partial charge in [-0.2, -0.15) is 5.10 Å². The van der Waals surface area contributed by atoms with Gasteiger partial charge in [-0.3, -0.25) is 18.7 Å². The quantitative estimate of drug-likeness (QED) is 0.251. The van der Waals surface area contributed by atoms with E-state index < -0.39 is 29.3 Å². The predicted molar refractivity (Wildman–Crippen MR) is 151 cm³/mol. The molecule has 42 heavy (non-hydrogen) atoms. The minimum atomic E-state index is -1.03. The lowest BCUT2D eigenvalue weighted by Gasteiger charge is -2.10. The molecule has 5 aromatic rings. The molecular formula is C30H28F3N7O2. The van der Waals surface area contributed by atoms with Crippen LogP contribution < -0.4 is 10.6 Å². The number of aryl methyl sites for hydroxylation is 1. The lowest BCUT2D eigenvalue weighted by atomic mass is 10.1. The van der Waals surface area contributed by atoms with Crippen LogP contribution in [0.4, 0.5) is 18.9 Å². The third-order valence-corrected chi connectivity index (χ3v) is 6.62. The van der Waals surface area contributed by atoms with E-state index in [9.17, 15) is 22.8 Å². The summed E-state index contributed by atoms with van der Waals surface area (Å²) in [6, 6.07) is 10.5. The first-order valence-electron chi connectivity index (χ1n) is 13.2. The monoisotopic (exact) mass is 575 g/mol. The molecule has 2 aromatic carbocycles. The van der Waals surface area contributed by atoms with Crippen LogP contribution >= 0.6 is 0 Å². The molecular weight excluding hydrogens is 547 g/mol. The normalized spacial score (nSPS) is 11.3. The molecule has 0 saturated heterocycles. The van der Waals surface area contributed by atoms with Gasteiger partial charge in [0.25, 0.3) is 11.8 Å². The Balaban J connectivity index is 1.26. The first-order valence-corrected chi connectivity index (χ1v) is 13.2. The van der Waals surface area contributed by atoms with Crippen molar-refractivity contribution in [3.63, 3.8) is 0 Å². The molecule has 0 aliphatic rings. The minimum absolute atomic E-state index is 0.0688. The summed E-state index contributed by atoms with van der Waals surface area (Å²) in [6.07, 6.45) is 7.80. The van der Waals surface area contributed by atoms with Crippen molar-refractivity contribution in [1.82, 2.24) is 29.4 Å². The second-order valence-electron chi connectivity index (χ2n) is 10.0. The van der Waals surface area contributed by atoms with Gasteiger partial charge in [0.2, 0.25) is 0 Å². The maximum absolute atomic E-state index is 14.6. The van der Waals surface area contributed by atoms with Crippen molar-refractivity contribution in [2.24, 2.45) is 0 Å². The molecule has 0 aliphatic heterocycles. The number of anilines is 1. The highest BCUT2D eigenvalue weighted by molar-refractivity contribution is 6.04. The van der Waals surface area contributed by atoms with Crippen LogP contribution in [0, 0.1) is 17.5 Å². The number of amides is 2. The first-order chi connectivity index (χ1) is 20.2. The van der Waals surface area contributed by atoms with Gasteiger partial charge in [-0.25, -0.2) is 18.2 Å². The maximum atomic E-state index is 14.6. The topological polar surface area (TPSA) is 96.6 Å². The van der Waals surface area contributed by atoms with Crippen LogP contribution in [0.2, 0.25) is 0 Å². The van der Waals surface area contributed by atoms with Crippen molar-refractivity contribution in [2.75, 3.05) is 26.0 Å². The highest BCUT2D eigenvalue weighted by Crippen LogP contribution is 2.22. The fraction of sp³-hybridized carbons (Fsp3) is 0.200. The summed E-state index contributed by atoms with van der Waals surface area (Å²) < 4.78 is 44.6. The molecule has 216 valence electrons. The Morgan fingerprint density at radius 2 is 1.71 bits per heavy atom. The van der Waals surface area contributed by atoms with E-state index in [-0.39, 0.29) is 23.5 Å². The van der Waals surface area contributed by atoms with Gasteiger partial charge in [-0.05, 0) is 80.7 Å². The van der Waals surface area contributed by atoms with Crippen molar-refractivity contribution in [3.8, 4) is 11.1 Å². The molecule has 0 bridgehead atoms. The number of hydrogen-bond acceptors (Lipinski definition) is 5. The molecule has 0 unspecified atom stereocenters. The zero-order chi connectivity index (χ0) is 29.8. The molecule has 0 saturated carbocycles. The highest BCUT2D eigenvalue weighted by Gasteiger charge is 2.17.